The van der Waals surface area contributed by atoms with Gasteiger partial charge in [0.25, 0.3) is 0 Å². The maximum absolute atomic E-state index is 11.4. The molecule has 1 amide bonds. The number of carbonyl (C=O) groups excluding carboxylic acids is 1. The first kappa shape index (κ1) is 10.9. The van der Waals surface area contributed by atoms with Crippen LogP contribution < -0.4 is 10.2 Å². The number of carbonyl (C=O) groups is 1. The van der Waals surface area contributed by atoms with Crippen molar-refractivity contribution in [2.75, 3.05) is 24.5 Å². The third kappa shape index (κ3) is 2.49. The van der Waals surface area contributed by atoms with Crippen molar-refractivity contribution >= 4 is 11.7 Å². The molecule has 0 bridgehead atoms. The Morgan fingerprint density at radius 3 is 3.06 bits per heavy atom. The molecule has 5 nitrogen and oxygen atoms in total. The molecule has 1 aromatic rings. The highest BCUT2D eigenvalue weighted by molar-refractivity contribution is 5.81. The topological polar surface area (TPSA) is 65.5 Å². The number of nitrogens with one attached hydrogen (secondary N) is 1. The maximum atomic E-state index is 11.4. The first-order chi connectivity index (χ1) is 7.79. The van der Waals surface area contributed by atoms with Gasteiger partial charge in [-0.25, -0.2) is 4.98 Å². The van der Waals surface area contributed by atoms with Crippen molar-refractivity contribution in [2.45, 2.75) is 13.0 Å². The monoisotopic (exact) mass is 221 g/mol. The molecular formula is C11H15N3O2. The highest BCUT2D eigenvalue weighted by Gasteiger charge is 2.15. The van der Waals surface area contributed by atoms with Crippen LogP contribution in [-0.2, 0) is 11.4 Å². The van der Waals surface area contributed by atoms with Crippen LogP contribution in [0.15, 0.2) is 18.3 Å². The lowest BCUT2D eigenvalue weighted by Crippen LogP contribution is -2.33. The Labute approximate surface area is 94.1 Å². The number of nitrogens with zero attached hydrogens (tertiary/aromatic N) is 2. The van der Waals surface area contributed by atoms with E-state index < -0.39 is 0 Å². The molecule has 2 N–H and O–H groups in total. The second-order valence-corrected chi connectivity index (χ2v) is 3.81. The van der Waals surface area contributed by atoms with E-state index in [2.05, 4.69) is 10.3 Å². The second kappa shape index (κ2) is 4.94. The zero-order chi connectivity index (χ0) is 11.4. The van der Waals surface area contributed by atoms with E-state index in [4.69, 9.17) is 5.11 Å². The van der Waals surface area contributed by atoms with E-state index in [-0.39, 0.29) is 12.5 Å². The first-order valence-electron chi connectivity index (χ1n) is 5.37. The van der Waals surface area contributed by atoms with Gasteiger partial charge < -0.3 is 15.3 Å². The van der Waals surface area contributed by atoms with Crippen molar-refractivity contribution in [3.05, 3.63) is 23.9 Å². The number of hydrogen-bond donors (Lipinski definition) is 2. The van der Waals surface area contributed by atoms with Gasteiger partial charge in [-0.05, 0) is 18.1 Å². The second-order valence-electron chi connectivity index (χ2n) is 3.81. The van der Waals surface area contributed by atoms with Crippen LogP contribution in [0.5, 0.6) is 0 Å². The summed E-state index contributed by atoms with van der Waals surface area (Å²) in [5.74, 6) is 0.819. The average Bonchev–Trinajstić information content (AvgIpc) is 2.54. The zero-order valence-electron chi connectivity index (χ0n) is 9.02. The van der Waals surface area contributed by atoms with E-state index in [0.717, 1.165) is 30.9 Å². The van der Waals surface area contributed by atoms with Gasteiger partial charge in [-0.2, -0.15) is 0 Å². The fourth-order valence-corrected chi connectivity index (χ4v) is 1.70. The number of hydrogen-bond acceptors (Lipinski definition) is 4. The van der Waals surface area contributed by atoms with Gasteiger partial charge in [-0.1, -0.05) is 6.07 Å². The molecular weight excluding hydrogens is 206 g/mol. The Bertz CT molecular complexity index is 364. The number of rotatable bonds is 2. The Kier molecular flexibility index (Phi) is 3.36. The summed E-state index contributed by atoms with van der Waals surface area (Å²) in [6, 6.07) is 3.66. The summed E-state index contributed by atoms with van der Waals surface area (Å²) in [7, 11) is 0. The molecule has 2 rings (SSSR count). The molecule has 0 saturated carbocycles. The van der Waals surface area contributed by atoms with Crippen molar-refractivity contribution in [1.82, 2.24) is 10.3 Å². The molecule has 1 aliphatic heterocycles. The molecule has 16 heavy (non-hydrogen) atoms. The van der Waals surface area contributed by atoms with Crippen molar-refractivity contribution < 1.29 is 9.90 Å². The normalized spacial score (nSPS) is 16.8. The summed E-state index contributed by atoms with van der Waals surface area (Å²) in [6.07, 6.45) is 2.56. The van der Waals surface area contributed by atoms with E-state index in [0.29, 0.717) is 6.54 Å². The third-order valence-corrected chi connectivity index (χ3v) is 2.58. The van der Waals surface area contributed by atoms with Gasteiger partial charge in [-0.3, -0.25) is 4.79 Å². The third-order valence-electron chi connectivity index (χ3n) is 2.58. The molecule has 1 fully saturated rings. The standard InChI is InChI=1S/C11H15N3O2/c15-8-9-2-3-10(13-6-9)14-5-1-4-12-11(16)7-14/h2-3,6,15H,1,4-5,7-8H2,(H,12,16). The summed E-state index contributed by atoms with van der Waals surface area (Å²) in [4.78, 5) is 17.6. The molecule has 2 heterocycles. The van der Waals surface area contributed by atoms with Crippen LogP contribution in [-0.4, -0.2) is 35.6 Å². The van der Waals surface area contributed by atoms with Crippen molar-refractivity contribution in [3.63, 3.8) is 0 Å². The summed E-state index contributed by atoms with van der Waals surface area (Å²) in [5, 5.41) is 11.7. The lowest BCUT2D eigenvalue weighted by atomic mass is 10.3. The minimum absolute atomic E-state index is 0.00618. The lowest BCUT2D eigenvalue weighted by molar-refractivity contribution is -0.119. The number of aromatic nitrogens is 1. The van der Waals surface area contributed by atoms with E-state index >= 15 is 0 Å². The Balaban J connectivity index is 2.12. The van der Waals surface area contributed by atoms with Crippen molar-refractivity contribution in [2.24, 2.45) is 0 Å². The van der Waals surface area contributed by atoms with Crippen LogP contribution in [0.2, 0.25) is 0 Å². The highest BCUT2D eigenvalue weighted by Crippen LogP contribution is 2.12. The van der Waals surface area contributed by atoms with E-state index in [1.54, 1.807) is 6.20 Å². The highest BCUT2D eigenvalue weighted by atomic mass is 16.3. The van der Waals surface area contributed by atoms with Gasteiger partial charge in [0.15, 0.2) is 0 Å². The molecule has 5 heteroatoms. The molecule has 1 aliphatic rings. The predicted molar refractivity (Wildman–Crippen MR) is 60.0 cm³/mol. The minimum atomic E-state index is -0.00618. The Hall–Kier alpha value is -1.62. The minimum Gasteiger partial charge on any atom is -0.392 e. The molecule has 86 valence electrons. The van der Waals surface area contributed by atoms with E-state index in [1.807, 2.05) is 17.0 Å². The maximum Gasteiger partial charge on any atom is 0.239 e. The molecule has 0 aliphatic carbocycles. The van der Waals surface area contributed by atoms with Crippen LogP contribution in [0.4, 0.5) is 5.82 Å². The van der Waals surface area contributed by atoms with Crippen molar-refractivity contribution in [1.29, 1.82) is 0 Å². The number of aliphatic hydroxyl groups excluding tert-OH is 1. The summed E-state index contributed by atoms with van der Waals surface area (Å²) in [6.45, 7) is 1.90. The fourth-order valence-electron chi connectivity index (χ4n) is 1.70. The first-order valence-corrected chi connectivity index (χ1v) is 5.37. The SMILES string of the molecule is O=C1CN(c2ccc(CO)cn2)CCCN1. The molecule has 1 saturated heterocycles. The number of pyridine rings is 1. The van der Waals surface area contributed by atoms with Gasteiger partial charge in [0, 0.05) is 19.3 Å². The Morgan fingerprint density at radius 2 is 2.38 bits per heavy atom. The molecule has 0 spiro atoms. The van der Waals surface area contributed by atoms with Gasteiger partial charge in [-0.15, -0.1) is 0 Å². The van der Waals surface area contributed by atoms with Crippen LogP contribution in [0.25, 0.3) is 0 Å². The zero-order valence-corrected chi connectivity index (χ0v) is 9.02. The fraction of sp³-hybridized carbons (Fsp3) is 0.455. The summed E-state index contributed by atoms with van der Waals surface area (Å²) >= 11 is 0. The molecule has 0 unspecified atom stereocenters. The number of amides is 1. The van der Waals surface area contributed by atoms with Gasteiger partial charge >= 0.3 is 0 Å². The van der Waals surface area contributed by atoms with Crippen LogP contribution in [0.3, 0.4) is 0 Å². The Morgan fingerprint density at radius 1 is 1.50 bits per heavy atom. The van der Waals surface area contributed by atoms with E-state index in [9.17, 15) is 4.79 Å². The molecule has 0 atom stereocenters. The van der Waals surface area contributed by atoms with Gasteiger partial charge in [0.2, 0.25) is 5.91 Å². The summed E-state index contributed by atoms with van der Waals surface area (Å²) in [5.41, 5.74) is 0.781. The number of aliphatic hydroxyl groups is 1. The average molecular weight is 221 g/mol. The van der Waals surface area contributed by atoms with Crippen LogP contribution in [0, 0.1) is 0 Å². The largest absolute Gasteiger partial charge is 0.392 e. The van der Waals surface area contributed by atoms with Crippen molar-refractivity contribution in [3.8, 4) is 0 Å². The van der Waals surface area contributed by atoms with Crippen LogP contribution >= 0.6 is 0 Å². The molecule has 0 aromatic carbocycles. The predicted octanol–water partition coefficient (Wildman–Crippen LogP) is -0.0998. The quantitative estimate of drug-likeness (QED) is 0.732. The van der Waals surface area contributed by atoms with E-state index in [1.165, 1.54) is 0 Å². The number of anilines is 1. The lowest BCUT2D eigenvalue weighted by Gasteiger charge is -2.19. The van der Waals surface area contributed by atoms with Crippen LogP contribution in [0.1, 0.15) is 12.0 Å². The molecule has 1 aromatic heterocycles. The summed E-state index contributed by atoms with van der Waals surface area (Å²) < 4.78 is 0. The smallest absolute Gasteiger partial charge is 0.239 e. The van der Waals surface area contributed by atoms with Gasteiger partial charge in [0.05, 0.1) is 13.2 Å². The molecule has 0 radical (unpaired) electrons. The van der Waals surface area contributed by atoms with Gasteiger partial charge in [0.1, 0.15) is 5.82 Å².